The van der Waals surface area contributed by atoms with Gasteiger partial charge in [-0.1, -0.05) is 18.2 Å². The van der Waals surface area contributed by atoms with Gasteiger partial charge in [-0.05, 0) is 43.3 Å². The van der Waals surface area contributed by atoms with Crippen LogP contribution in [0, 0.1) is 6.92 Å². The molecule has 0 atom stereocenters. The second-order valence-corrected chi connectivity index (χ2v) is 7.53. The van der Waals surface area contributed by atoms with Gasteiger partial charge in [0, 0.05) is 16.7 Å². The number of benzene rings is 3. The minimum Gasteiger partial charge on any atom is -0.496 e. The molecule has 0 radical (unpaired) electrons. The Kier molecular flexibility index (Phi) is 6.63. The van der Waals surface area contributed by atoms with Crippen LogP contribution in [0.25, 0.3) is 6.08 Å². The molecule has 176 valence electrons. The fraction of sp³-hybridized carbons (Fsp3) is 0.222. The van der Waals surface area contributed by atoms with Gasteiger partial charge in [-0.25, -0.2) is 0 Å². The zero-order chi connectivity index (χ0) is 24.2. The number of carbonyl (C=O) groups excluding carboxylic acids is 1. The van der Waals surface area contributed by atoms with Crippen LogP contribution in [-0.2, 0) is 6.61 Å². The van der Waals surface area contributed by atoms with Crippen molar-refractivity contribution in [1.29, 1.82) is 0 Å². The maximum atomic E-state index is 13.1. The molecule has 7 nitrogen and oxygen atoms in total. The lowest BCUT2D eigenvalue weighted by atomic mass is 10.1. The molecule has 1 heterocycles. The van der Waals surface area contributed by atoms with Crippen molar-refractivity contribution >= 4 is 11.9 Å². The molecule has 7 heteroatoms. The van der Waals surface area contributed by atoms with Crippen LogP contribution in [0.4, 0.5) is 0 Å². The van der Waals surface area contributed by atoms with E-state index in [0.717, 1.165) is 16.9 Å². The van der Waals surface area contributed by atoms with Crippen LogP contribution >= 0.6 is 0 Å². The van der Waals surface area contributed by atoms with Crippen LogP contribution in [0.5, 0.6) is 34.5 Å². The van der Waals surface area contributed by atoms with Gasteiger partial charge in [0.1, 0.15) is 23.9 Å². The van der Waals surface area contributed by atoms with Crippen LogP contribution in [0.15, 0.2) is 54.3 Å². The van der Waals surface area contributed by atoms with E-state index < -0.39 is 0 Å². The first kappa shape index (κ1) is 23.0. The highest BCUT2D eigenvalue weighted by molar-refractivity contribution is 6.15. The van der Waals surface area contributed by atoms with Gasteiger partial charge in [-0.2, -0.15) is 0 Å². The van der Waals surface area contributed by atoms with Gasteiger partial charge in [0.05, 0.1) is 34.0 Å². The van der Waals surface area contributed by atoms with E-state index in [9.17, 15) is 4.79 Å². The Morgan fingerprint density at radius 3 is 2.21 bits per heavy atom. The second kappa shape index (κ2) is 9.79. The number of hydrogen-bond donors (Lipinski definition) is 0. The quantitative estimate of drug-likeness (QED) is 0.425. The molecule has 0 N–H and O–H groups in total. The monoisotopic (exact) mass is 462 g/mol. The largest absolute Gasteiger partial charge is 0.496 e. The number of ketones is 1. The maximum absolute atomic E-state index is 13.1. The van der Waals surface area contributed by atoms with Crippen LogP contribution in [0.3, 0.4) is 0 Å². The van der Waals surface area contributed by atoms with Crippen molar-refractivity contribution in [2.24, 2.45) is 0 Å². The predicted octanol–water partition coefficient (Wildman–Crippen LogP) is 5.22. The summed E-state index contributed by atoms with van der Waals surface area (Å²) in [5.74, 6) is 3.23. The molecule has 34 heavy (non-hydrogen) atoms. The molecule has 0 aliphatic carbocycles. The van der Waals surface area contributed by atoms with Crippen molar-refractivity contribution in [1.82, 2.24) is 0 Å². The molecule has 1 aliphatic rings. The third kappa shape index (κ3) is 4.12. The van der Waals surface area contributed by atoms with Gasteiger partial charge in [0.15, 0.2) is 17.3 Å². The molecular formula is C27H26O7. The van der Waals surface area contributed by atoms with Gasteiger partial charge >= 0.3 is 0 Å². The molecule has 0 aromatic heterocycles. The molecule has 0 spiro atoms. The van der Waals surface area contributed by atoms with Crippen molar-refractivity contribution in [3.05, 3.63) is 76.5 Å². The third-order valence-electron chi connectivity index (χ3n) is 5.63. The molecule has 0 saturated carbocycles. The third-order valence-corrected chi connectivity index (χ3v) is 5.63. The normalized spacial score (nSPS) is 13.3. The zero-order valence-electron chi connectivity index (χ0n) is 19.8. The van der Waals surface area contributed by atoms with E-state index in [1.54, 1.807) is 44.6 Å². The Balaban J connectivity index is 1.62. The summed E-state index contributed by atoms with van der Waals surface area (Å²) in [6, 6.07) is 14.7. The van der Waals surface area contributed by atoms with Crippen molar-refractivity contribution in [2.45, 2.75) is 13.5 Å². The molecule has 0 unspecified atom stereocenters. The van der Waals surface area contributed by atoms with Gasteiger partial charge in [0.25, 0.3) is 0 Å². The lowest BCUT2D eigenvalue weighted by molar-refractivity contribution is 0.101. The maximum Gasteiger partial charge on any atom is 0.231 e. The Labute approximate surface area is 198 Å². The number of hydrogen-bond acceptors (Lipinski definition) is 7. The lowest BCUT2D eigenvalue weighted by Gasteiger charge is -2.14. The van der Waals surface area contributed by atoms with E-state index >= 15 is 0 Å². The summed E-state index contributed by atoms with van der Waals surface area (Å²) < 4.78 is 33.7. The average molecular weight is 462 g/mol. The first-order valence-corrected chi connectivity index (χ1v) is 10.6. The second-order valence-electron chi connectivity index (χ2n) is 7.53. The van der Waals surface area contributed by atoms with E-state index in [0.29, 0.717) is 46.5 Å². The highest BCUT2D eigenvalue weighted by Crippen LogP contribution is 2.43. The summed E-state index contributed by atoms with van der Waals surface area (Å²) in [4.78, 5) is 13.1. The summed E-state index contributed by atoms with van der Waals surface area (Å²) in [6.45, 7) is 2.19. The Bertz CT molecular complexity index is 1260. The summed E-state index contributed by atoms with van der Waals surface area (Å²) in [5.41, 5.74) is 2.76. The smallest absolute Gasteiger partial charge is 0.231 e. The average Bonchev–Trinajstić information content (AvgIpc) is 3.19. The first-order valence-electron chi connectivity index (χ1n) is 10.6. The van der Waals surface area contributed by atoms with E-state index in [1.807, 2.05) is 31.2 Å². The molecule has 0 amide bonds. The molecule has 4 rings (SSSR count). The fourth-order valence-electron chi connectivity index (χ4n) is 3.88. The van der Waals surface area contributed by atoms with Crippen molar-refractivity contribution < 1.29 is 33.2 Å². The lowest BCUT2D eigenvalue weighted by Crippen LogP contribution is -2.00. The first-order chi connectivity index (χ1) is 16.5. The number of rotatable bonds is 8. The fourth-order valence-corrected chi connectivity index (χ4v) is 3.88. The predicted molar refractivity (Wildman–Crippen MR) is 128 cm³/mol. The molecule has 0 saturated heterocycles. The molecule has 3 aromatic rings. The summed E-state index contributed by atoms with van der Waals surface area (Å²) in [6.07, 6.45) is 1.64. The Morgan fingerprint density at radius 2 is 1.50 bits per heavy atom. The van der Waals surface area contributed by atoms with Crippen LogP contribution < -0.4 is 28.4 Å². The van der Waals surface area contributed by atoms with E-state index in [1.165, 1.54) is 14.2 Å². The van der Waals surface area contributed by atoms with Crippen LogP contribution in [-0.4, -0.2) is 34.2 Å². The van der Waals surface area contributed by atoms with Crippen molar-refractivity contribution in [3.63, 3.8) is 0 Å². The molecule has 0 fully saturated rings. The molecular weight excluding hydrogens is 436 g/mol. The number of fused-ring (bicyclic) bond motifs is 1. The van der Waals surface area contributed by atoms with Gasteiger partial charge in [-0.3, -0.25) is 4.79 Å². The highest BCUT2D eigenvalue weighted by atomic mass is 16.5. The topological polar surface area (TPSA) is 72.5 Å². The van der Waals surface area contributed by atoms with E-state index in [2.05, 4.69) is 0 Å². The molecule has 0 bridgehead atoms. The van der Waals surface area contributed by atoms with Gasteiger partial charge in [0.2, 0.25) is 11.5 Å². The number of ether oxygens (including phenoxy) is 6. The van der Waals surface area contributed by atoms with Gasteiger partial charge in [-0.15, -0.1) is 0 Å². The van der Waals surface area contributed by atoms with E-state index in [-0.39, 0.29) is 11.5 Å². The SMILES string of the molecule is COc1ccccc1COc1ccc2c(c1C)O/C(=C\c1ccc(OC)c(OC)c1OC)C2=O. The standard InChI is InChI=1S/C27H26O7/c1-16-20(33-15-18-8-6-7-9-21(18)29-2)13-11-19-24(28)23(34-25(16)19)14-17-10-12-22(30-3)27(32-5)26(17)31-4/h6-14H,15H2,1-5H3/b23-14-. The Hall–Kier alpha value is -4.13. The van der Waals surface area contributed by atoms with Gasteiger partial charge < -0.3 is 28.4 Å². The number of Topliss-reactive ketones (excluding diaryl/α,β-unsaturated/α-hetero) is 1. The van der Waals surface area contributed by atoms with Crippen LogP contribution in [0.2, 0.25) is 0 Å². The molecule has 3 aromatic carbocycles. The highest BCUT2D eigenvalue weighted by Gasteiger charge is 2.31. The summed E-state index contributed by atoms with van der Waals surface area (Å²) in [7, 11) is 6.23. The number of allylic oxidation sites excluding steroid dienone is 1. The van der Waals surface area contributed by atoms with Crippen molar-refractivity contribution in [2.75, 3.05) is 28.4 Å². The summed E-state index contributed by atoms with van der Waals surface area (Å²) >= 11 is 0. The zero-order valence-corrected chi connectivity index (χ0v) is 19.8. The minimum absolute atomic E-state index is 0.186. The molecule has 1 aliphatic heterocycles. The number of methoxy groups -OCH3 is 4. The summed E-state index contributed by atoms with van der Waals surface area (Å²) in [5, 5.41) is 0. The Morgan fingerprint density at radius 1 is 0.794 bits per heavy atom. The number of para-hydroxylation sites is 1. The van der Waals surface area contributed by atoms with Crippen molar-refractivity contribution in [3.8, 4) is 34.5 Å². The van der Waals surface area contributed by atoms with E-state index in [4.69, 9.17) is 28.4 Å². The number of carbonyl (C=O) groups is 1. The van der Waals surface area contributed by atoms with Crippen LogP contribution in [0.1, 0.15) is 27.0 Å². The minimum atomic E-state index is -0.216.